The number of aliphatic carboxylic acids is 1. The standard InChI is InChI=1S/C16H23NO3/c1-11(2)13-5-3-12(4-6-13)9-17-10-14-7-8-15(20-14)16(18)19/h3-6,11,14-15,17H,7-10H2,1-2H3,(H,18,19). The Bertz CT molecular complexity index is 442. The second kappa shape index (κ2) is 6.86. The third-order valence-electron chi connectivity index (χ3n) is 3.73. The number of rotatable bonds is 6. The van der Waals surface area contributed by atoms with Crippen LogP contribution in [0.25, 0.3) is 0 Å². The minimum atomic E-state index is -0.850. The summed E-state index contributed by atoms with van der Waals surface area (Å²) in [6.45, 7) is 5.86. The van der Waals surface area contributed by atoms with E-state index in [4.69, 9.17) is 9.84 Å². The molecular weight excluding hydrogens is 254 g/mol. The van der Waals surface area contributed by atoms with E-state index in [0.717, 1.165) is 13.0 Å². The lowest BCUT2D eigenvalue weighted by molar-refractivity contribution is -0.149. The first-order chi connectivity index (χ1) is 9.56. The molecule has 1 aliphatic rings. The summed E-state index contributed by atoms with van der Waals surface area (Å²) in [5, 5.41) is 12.2. The molecule has 0 bridgehead atoms. The van der Waals surface area contributed by atoms with Crippen molar-refractivity contribution >= 4 is 5.97 Å². The van der Waals surface area contributed by atoms with Crippen molar-refractivity contribution in [2.75, 3.05) is 6.54 Å². The molecule has 2 unspecified atom stereocenters. The molecule has 20 heavy (non-hydrogen) atoms. The summed E-state index contributed by atoms with van der Waals surface area (Å²) in [5.74, 6) is -0.298. The van der Waals surface area contributed by atoms with Gasteiger partial charge in [0.15, 0.2) is 6.10 Å². The van der Waals surface area contributed by atoms with Gasteiger partial charge in [0, 0.05) is 13.1 Å². The largest absolute Gasteiger partial charge is 0.479 e. The highest BCUT2D eigenvalue weighted by molar-refractivity contribution is 5.72. The molecule has 1 heterocycles. The van der Waals surface area contributed by atoms with Crippen molar-refractivity contribution in [1.82, 2.24) is 5.32 Å². The topological polar surface area (TPSA) is 58.6 Å². The SMILES string of the molecule is CC(C)c1ccc(CNCC2CCC(C(=O)O)O2)cc1. The Balaban J connectivity index is 1.72. The molecule has 1 aliphatic heterocycles. The van der Waals surface area contributed by atoms with E-state index in [2.05, 4.69) is 43.4 Å². The first kappa shape index (κ1) is 15.0. The van der Waals surface area contributed by atoms with Crippen LogP contribution in [0.5, 0.6) is 0 Å². The zero-order valence-electron chi connectivity index (χ0n) is 12.1. The van der Waals surface area contributed by atoms with Gasteiger partial charge < -0.3 is 15.2 Å². The van der Waals surface area contributed by atoms with Gasteiger partial charge in [0.2, 0.25) is 0 Å². The Morgan fingerprint density at radius 2 is 2.05 bits per heavy atom. The van der Waals surface area contributed by atoms with Gasteiger partial charge >= 0.3 is 5.97 Å². The van der Waals surface area contributed by atoms with Crippen molar-refractivity contribution in [2.45, 2.75) is 51.4 Å². The molecule has 4 heteroatoms. The number of ether oxygens (including phenoxy) is 1. The van der Waals surface area contributed by atoms with Crippen LogP contribution in [-0.2, 0) is 16.1 Å². The zero-order chi connectivity index (χ0) is 14.5. The summed E-state index contributed by atoms with van der Waals surface area (Å²) >= 11 is 0. The zero-order valence-corrected chi connectivity index (χ0v) is 12.1. The van der Waals surface area contributed by atoms with Crippen LogP contribution in [0.15, 0.2) is 24.3 Å². The van der Waals surface area contributed by atoms with Crippen LogP contribution in [0.1, 0.15) is 43.7 Å². The van der Waals surface area contributed by atoms with Gasteiger partial charge in [-0.05, 0) is 29.9 Å². The van der Waals surface area contributed by atoms with Gasteiger partial charge in [0.1, 0.15) is 0 Å². The molecule has 0 radical (unpaired) electrons. The molecule has 1 saturated heterocycles. The van der Waals surface area contributed by atoms with Crippen LogP contribution in [0.2, 0.25) is 0 Å². The third kappa shape index (κ3) is 4.05. The summed E-state index contributed by atoms with van der Waals surface area (Å²) < 4.78 is 5.45. The number of hydrogen-bond acceptors (Lipinski definition) is 3. The van der Waals surface area contributed by atoms with E-state index in [1.807, 2.05) is 0 Å². The van der Waals surface area contributed by atoms with Gasteiger partial charge in [0.05, 0.1) is 6.10 Å². The Labute approximate surface area is 120 Å². The highest BCUT2D eigenvalue weighted by atomic mass is 16.5. The molecule has 2 atom stereocenters. The number of carboxylic acid groups (broad SMARTS) is 1. The van der Waals surface area contributed by atoms with Crippen molar-refractivity contribution in [3.63, 3.8) is 0 Å². The number of carbonyl (C=O) groups is 1. The van der Waals surface area contributed by atoms with Crippen LogP contribution in [0.4, 0.5) is 0 Å². The molecular formula is C16H23NO3. The Kier molecular flexibility index (Phi) is 5.15. The predicted molar refractivity (Wildman–Crippen MR) is 77.8 cm³/mol. The fourth-order valence-electron chi connectivity index (χ4n) is 2.44. The molecule has 0 amide bonds. The Morgan fingerprint density at radius 1 is 1.35 bits per heavy atom. The highest BCUT2D eigenvalue weighted by Crippen LogP contribution is 2.19. The number of benzene rings is 1. The lowest BCUT2D eigenvalue weighted by Crippen LogP contribution is -2.28. The monoisotopic (exact) mass is 277 g/mol. The van der Waals surface area contributed by atoms with E-state index < -0.39 is 12.1 Å². The molecule has 0 aromatic heterocycles. The lowest BCUT2D eigenvalue weighted by atomic mass is 10.0. The van der Waals surface area contributed by atoms with Gasteiger partial charge in [-0.1, -0.05) is 38.1 Å². The molecule has 0 spiro atoms. The second-order valence-corrected chi connectivity index (χ2v) is 5.69. The summed E-state index contributed by atoms with van der Waals surface area (Å²) in [7, 11) is 0. The van der Waals surface area contributed by atoms with Crippen molar-refractivity contribution < 1.29 is 14.6 Å². The summed E-state index contributed by atoms with van der Waals surface area (Å²) in [5.41, 5.74) is 2.58. The van der Waals surface area contributed by atoms with E-state index in [1.54, 1.807) is 0 Å². The van der Waals surface area contributed by atoms with Crippen molar-refractivity contribution in [3.05, 3.63) is 35.4 Å². The molecule has 1 aromatic carbocycles. The minimum Gasteiger partial charge on any atom is -0.479 e. The highest BCUT2D eigenvalue weighted by Gasteiger charge is 2.29. The van der Waals surface area contributed by atoms with E-state index in [1.165, 1.54) is 11.1 Å². The van der Waals surface area contributed by atoms with Crippen LogP contribution >= 0.6 is 0 Å². The first-order valence-electron chi connectivity index (χ1n) is 7.24. The average molecular weight is 277 g/mol. The van der Waals surface area contributed by atoms with Crippen molar-refractivity contribution in [1.29, 1.82) is 0 Å². The predicted octanol–water partition coefficient (Wildman–Crippen LogP) is 2.53. The van der Waals surface area contributed by atoms with Crippen molar-refractivity contribution in [3.8, 4) is 0 Å². The molecule has 4 nitrogen and oxygen atoms in total. The van der Waals surface area contributed by atoms with Crippen LogP contribution < -0.4 is 5.32 Å². The van der Waals surface area contributed by atoms with Gasteiger partial charge in [-0.2, -0.15) is 0 Å². The third-order valence-corrected chi connectivity index (χ3v) is 3.73. The van der Waals surface area contributed by atoms with Gasteiger partial charge in [-0.15, -0.1) is 0 Å². The molecule has 2 N–H and O–H groups in total. The van der Waals surface area contributed by atoms with Gasteiger partial charge in [-0.3, -0.25) is 0 Å². The molecule has 1 fully saturated rings. The summed E-state index contributed by atoms with van der Waals surface area (Å²) in [6, 6.07) is 8.60. The average Bonchev–Trinajstić information content (AvgIpc) is 2.88. The smallest absolute Gasteiger partial charge is 0.332 e. The van der Waals surface area contributed by atoms with E-state index in [-0.39, 0.29) is 6.10 Å². The second-order valence-electron chi connectivity index (χ2n) is 5.69. The van der Waals surface area contributed by atoms with E-state index in [0.29, 0.717) is 18.9 Å². The minimum absolute atomic E-state index is 0.0195. The maximum atomic E-state index is 10.8. The number of nitrogens with one attached hydrogen (secondary N) is 1. The van der Waals surface area contributed by atoms with E-state index >= 15 is 0 Å². The fourth-order valence-corrected chi connectivity index (χ4v) is 2.44. The quantitative estimate of drug-likeness (QED) is 0.839. The summed E-state index contributed by atoms with van der Waals surface area (Å²) in [4.78, 5) is 10.8. The van der Waals surface area contributed by atoms with E-state index in [9.17, 15) is 4.79 Å². The van der Waals surface area contributed by atoms with Crippen molar-refractivity contribution in [2.24, 2.45) is 0 Å². The Hall–Kier alpha value is -1.39. The lowest BCUT2D eigenvalue weighted by Gasteiger charge is -2.13. The maximum Gasteiger partial charge on any atom is 0.332 e. The van der Waals surface area contributed by atoms with Crippen LogP contribution in [0.3, 0.4) is 0 Å². The number of carboxylic acids is 1. The maximum absolute atomic E-state index is 10.8. The van der Waals surface area contributed by atoms with Gasteiger partial charge in [0.25, 0.3) is 0 Å². The van der Waals surface area contributed by atoms with Crippen LogP contribution in [0, 0.1) is 0 Å². The normalized spacial score (nSPS) is 22.4. The molecule has 0 aliphatic carbocycles. The Morgan fingerprint density at radius 3 is 2.60 bits per heavy atom. The molecule has 110 valence electrons. The fraction of sp³-hybridized carbons (Fsp3) is 0.562. The van der Waals surface area contributed by atoms with Crippen LogP contribution in [-0.4, -0.2) is 29.8 Å². The number of hydrogen-bond donors (Lipinski definition) is 2. The first-order valence-corrected chi connectivity index (χ1v) is 7.24. The molecule has 2 rings (SSSR count). The molecule has 0 saturated carbocycles. The summed E-state index contributed by atoms with van der Waals surface area (Å²) in [6.07, 6.45) is 0.833. The molecule has 1 aromatic rings. The van der Waals surface area contributed by atoms with Gasteiger partial charge in [-0.25, -0.2) is 4.79 Å².